The maximum Gasteiger partial charge on any atom is 0.0431 e. The Balaban J connectivity index is 2.38. The summed E-state index contributed by atoms with van der Waals surface area (Å²) >= 11 is 0. The third kappa shape index (κ3) is 5.31. The molecular weight excluding hydrogens is 198 g/mol. The maximum absolute atomic E-state index is 8.84. The van der Waals surface area contributed by atoms with Crippen molar-refractivity contribution >= 4 is 0 Å². The van der Waals surface area contributed by atoms with Crippen molar-refractivity contribution in [3.05, 3.63) is 0 Å². The Labute approximate surface area is 101 Å². The highest BCUT2D eigenvalue weighted by Gasteiger charge is 2.20. The number of unbranched alkanes of at least 4 members (excludes halogenated alkanes) is 1. The summed E-state index contributed by atoms with van der Waals surface area (Å²) in [6.45, 7) is 7.48. The number of aliphatic hydroxyl groups is 1. The van der Waals surface area contributed by atoms with Crippen LogP contribution in [-0.4, -0.2) is 35.7 Å². The molecule has 1 fully saturated rings. The molecule has 1 unspecified atom stereocenters. The Morgan fingerprint density at radius 1 is 1.19 bits per heavy atom. The molecule has 2 heteroatoms. The number of aliphatic hydroxyl groups excluding tert-OH is 1. The first-order valence-corrected chi connectivity index (χ1v) is 7.09. The van der Waals surface area contributed by atoms with E-state index in [1.807, 2.05) is 0 Å². The lowest BCUT2D eigenvalue weighted by atomic mass is 9.98. The molecule has 1 aliphatic heterocycles. The zero-order chi connectivity index (χ0) is 11.8. The molecule has 0 aromatic carbocycles. The molecule has 0 spiro atoms. The largest absolute Gasteiger partial charge is 0.396 e. The summed E-state index contributed by atoms with van der Waals surface area (Å²) in [7, 11) is 0. The second-order valence-electron chi connectivity index (χ2n) is 5.60. The summed E-state index contributed by atoms with van der Waals surface area (Å²) in [6.07, 6.45) is 9.04. The van der Waals surface area contributed by atoms with E-state index in [-0.39, 0.29) is 0 Å². The molecule has 2 nitrogen and oxygen atoms in total. The third-order valence-electron chi connectivity index (χ3n) is 3.60. The smallest absolute Gasteiger partial charge is 0.0431 e. The van der Waals surface area contributed by atoms with Crippen molar-refractivity contribution in [1.82, 2.24) is 4.90 Å². The Morgan fingerprint density at radius 2 is 2.00 bits per heavy atom. The first-order chi connectivity index (χ1) is 7.74. The predicted octanol–water partition coefficient (Wildman–Crippen LogP) is 3.05. The van der Waals surface area contributed by atoms with E-state index in [9.17, 15) is 0 Å². The van der Waals surface area contributed by atoms with Gasteiger partial charge in [0.15, 0.2) is 0 Å². The van der Waals surface area contributed by atoms with Crippen LogP contribution in [0.15, 0.2) is 0 Å². The molecule has 1 heterocycles. The van der Waals surface area contributed by atoms with E-state index in [1.54, 1.807) is 0 Å². The summed E-state index contributed by atoms with van der Waals surface area (Å²) in [5, 5.41) is 8.84. The monoisotopic (exact) mass is 227 g/mol. The first-order valence-electron chi connectivity index (χ1n) is 7.09. The highest BCUT2D eigenvalue weighted by Crippen LogP contribution is 2.22. The van der Waals surface area contributed by atoms with Crippen molar-refractivity contribution < 1.29 is 5.11 Å². The Morgan fingerprint density at radius 3 is 2.69 bits per heavy atom. The van der Waals surface area contributed by atoms with Gasteiger partial charge in [-0.3, -0.25) is 0 Å². The van der Waals surface area contributed by atoms with Crippen LogP contribution in [0.25, 0.3) is 0 Å². The van der Waals surface area contributed by atoms with Gasteiger partial charge in [-0.15, -0.1) is 0 Å². The fraction of sp³-hybridized carbons (Fsp3) is 1.00. The minimum Gasteiger partial charge on any atom is -0.396 e. The average molecular weight is 227 g/mol. The zero-order valence-electron chi connectivity index (χ0n) is 11.1. The minimum absolute atomic E-state index is 0.350. The topological polar surface area (TPSA) is 23.5 Å². The molecule has 0 bridgehead atoms. The van der Waals surface area contributed by atoms with E-state index in [0.29, 0.717) is 6.61 Å². The SMILES string of the molecule is CC(C)CC1CCCCCN1CCCCO. The van der Waals surface area contributed by atoms with Crippen molar-refractivity contribution in [3.63, 3.8) is 0 Å². The van der Waals surface area contributed by atoms with Crippen LogP contribution >= 0.6 is 0 Å². The van der Waals surface area contributed by atoms with Crippen molar-refractivity contribution in [1.29, 1.82) is 0 Å². The van der Waals surface area contributed by atoms with E-state index in [2.05, 4.69) is 18.7 Å². The standard InChI is InChI=1S/C14H29NO/c1-13(2)12-14-8-4-3-5-9-15(14)10-6-7-11-16/h13-14,16H,3-12H2,1-2H3. The van der Waals surface area contributed by atoms with E-state index < -0.39 is 0 Å². The van der Waals surface area contributed by atoms with Crippen LogP contribution < -0.4 is 0 Å². The summed E-state index contributed by atoms with van der Waals surface area (Å²) in [5.74, 6) is 0.809. The fourth-order valence-corrected chi connectivity index (χ4v) is 2.77. The Hall–Kier alpha value is -0.0800. The molecule has 0 aromatic rings. The van der Waals surface area contributed by atoms with Gasteiger partial charge in [-0.05, 0) is 51.1 Å². The molecule has 0 amide bonds. The summed E-state index contributed by atoms with van der Waals surface area (Å²) in [4.78, 5) is 2.68. The third-order valence-corrected chi connectivity index (χ3v) is 3.60. The van der Waals surface area contributed by atoms with E-state index in [1.165, 1.54) is 45.2 Å². The van der Waals surface area contributed by atoms with Gasteiger partial charge in [0, 0.05) is 12.6 Å². The van der Waals surface area contributed by atoms with Gasteiger partial charge in [0.25, 0.3) is 0 Å². The van der Waals surface area contributed by atoms with Crippen molar-refractivity contribution in [2.75, 3.05) is 19.7 Å². The van der Waals surface area contributed by atoms with Gasteiger partial charge in [0.2, 0.25) is 0 Å². The maximum atomic E-state index is 8.84. The number of hydrogen-bond acceptors (Lipinski definition) is 2. The highest BCUT2D eigenvalue weighted by molar-refractivity contribution is 4.76. The molecule has 16 heavy (non-hydrogen) atoms. The molecule has 1 atom stereocenters. The lowest BCUT2D eigenvalue weighted by molar-refractivity contribution is 0.167. The van der Waals surface area contributed by atoms with Crippen LogP contribution in [0.3, 0.4) is 0 Å². The van der Waals surface area contributed by atoms with E-state index >= 15 is 0 Å². The van der Waals surface area contributed by atoms with Crippen LogP contribution in [0.2, 0.25) is 0 Å². The van der Waals surface area contributed by atoms with Crippen LogP contribution in [0.4, 0.5) is 0 Å². The molecule has 96 valence electrons. The molecule has 1 aliphatic rings. The lowest BCUT2D eigenvalue weighted by Crippen LogP contribution is -2.36. The number of rotatable bonds is 6. The number of hydrogen-bond donors (Lipinski definition) is 1. The normalized spacial score (nSPS) is 23.6. The number of likely N-dealkylation sites (tertiary alicyclic amines) is 1. The van der Waals surface area contributed by atoms with Crippen LogP contribution in [0, 0.1) is 5.92 Å². The fourth-order valence-electron chi connectivity index (χ4n) is 2.77. The van der Waals surface area contributed by atoms with E-state index in [4.69, 9.17) is 5.11 Å². The van der Waals surface area contributed by atoms with Crippen molar-refractivity contribution in [2.24, 2.45) is 5.92 Å². The summed E-state index contributed by atoms with van der Waals surface area (Å²) in [5.41, 5.74) is 0. The van der Waals surface area contributed by atoms with Gasteiger partial charge >= 0.3 is 0 Å². The molecule has 0 aromatic heterocycles. The molecule has 0 saturated carbocycles. The number of nitrogens with zero attached hydrogens (tertiary/aromatic N) is 1. The Bertz CT molecular complexity index is 170. The average Bonchev–Trinajstić information content (AvgIpc) is 2.44. The van der Waals surface area contributed by atoms with Gasteiger partial charge in [-0.25, -0.2) is 0 Å². The Kier molecular flexibility index (Phi) is 7.06. The van der Waals surface area contributed by atoms with Gasteiger partial charge in [-0.2, -0.15) is 0 Å². The quantitative estimate of drug-likeness (QED) is 0.705. The van der Waals surface area contributed by atoms with Crippen molar-refractivity contribution in [3.8, 4) is 0 Å². The molecule has 0 radical (unpaired) electrons. The first kappa shape index (κ1) is 14.0. The zero-order valence-corrected chi connectivity index (χ0v) is 11.1. The second-order valence-corrected chi connectivity index (χ2v) is 5.60. The molecule has 0 aliphatic carbocycles. The van der Waals surface area contributed by atoms with Crippen LogP contribution in [0.5, 0.6) is 0 Å². The summed E-state index contributed by atoms with van der Waals surface area (Å²) in [6, 6.07) is 0.807. The van der Waals surface area contributed by atoms with Gasteiger partial charge in [-0.1, -0.05) is 26.7 Å². The lowest BCUT2D eigenvalue weighted by Gasteiger charge is -2.31. The van der Waals surface area contributed by atoms with E-state index in [0.717, 1.165) is 24.8 Å². The molecular formula is C14H29NO. The predicted molar refractivity (Wildman–Crippen MR) is 69.6 cm³/mol. The van der Waals surface area contributed by atoms with Gasteiger partial charge in [0.1, 0.15) is 0 Å². The minimum atomic E-state index is 0.350. The van der Waals surface area contributed by atoms with Crippen molar-refractivity contribution in [2.45, 2.75) is 64.8 Å². The van der Waals surface area contributed by atoms with Gasteiger partial charge in [0.05, 0.1) is 0 Å². The van der Waals surface area contributed by atoms with Gasteiger partial charge < -0.3 is 10.0 Å². The second kappa shape index (κ2) is 8.08. The highest BCUT2D eigenvalue weighted by atomic mass is 16.2. The van der Waals surface area contributed by atoms with Crippen LogP contribution in [0.1, 0.15) is 58.8 Å². The molecule has 1 rings (SSSR count). The van der Waals surface area contributed by atoms with Crippen LogP contribution in [-0.2, 0) is 0 Å². The summed E-state index contributed by atoms with van der Waals surface area (Å²) < 4.78 is 0. The molecule has 1 saturated heterocycles. The molecule has 1 N–H and O–H groups in total.